The first-order chi connectivity index (χ1) is 13.1. The van der Waals surface area contributed by atoms with Crippen molar-refractivity contribution in [3.05, 3.63) is 77.0 Å². The molecule has 0 radical (unpaired) electrons. The van der Waals surface area contributed by atoms with Crippen LogP contribution in [0.5, 0.6) is 0 Å². The summed E-state index contributed by atoms with van der Waals surface area (Å²) in [5, 5.41) is 0.345. The Hall–Kier alpha value is -2.64. The summed E-state index contributed by atoms with van der Waals surface area (Å²) in [7, 11) is 1.57. The number of nitrogens with zero attached hydrogens (tertiary/aromatic N) is 3. The van der Waals surface area contributed by atoms with E-state index in [1.54, 1.807) is 53.2 Å². The van der Waals surface area contributed by atoms with Gasteiger partial charge in [-0.05, 0) is 24.3 Å². The Morgan fingerprint density at radius 1 is 1.37 bits per heavy atom. The van der Waals surface area contributed by atoms with E-state index >= 15 is 0 Å². The molecule has 8 heteroatoms. The number of furan rings is 1. The Morgan fingerprint density at radius 2 is 2.22 bits per heavy atom. The maximum atomic E-state index is 14.1. The number of hydrogen-bond donors (Lipinski definition) is 0. The molecule has 2 heterocycles. The van der Waals surface area contributed by atoms with Crippen LogP contribution in [0.3, 0.4) is 0 Å². The van der Waals surface area contributed by atoms with Crippen LogP contribution in [0.4, 0.5) is 4.39 Å². The van der Waals surface area contributed by atoms with E-state index in [-0.39, 0.29) is 30.6 Å². The molecule has 27 heavy (non-hydrogen) atoms. The quantitative estimate of drug-likeness (QED) is 0.588. The zero-order valence-electron chi connectivity index (χ0n) is 14.8. The largest absolute Gasteiger partial charge is 0.459 e. The first-order valence-electron chi connectivity index (χ1n) is 8.34. The minimum atomic E-state index is -0.384. The van der Waals surface area contributed by atoms with Gasteiger partial charge in [0.1, 0.15) is 11.6 Å². The lowest BCUT2D eigenvalue weighted by Crippen LogP contribution is -2.34. The van der Waals surface area contributed by atoms with E-state index in [4.69, 9.17) is 20.8 Å². The predicted molar refractivity (Wildman–Crippen MR) is 98.1 cm³/mol. The molecule has 0 atom stereocenters. The molecule has 0 N–H and O–H groups in total. The van der Waals surface area contributed by atoms with Gasteiger partial charge < -0.3 is 18.6 Å². The molecule has 2 aromatic heterocycles. The summed E-state index contributed by atoms with van der Waals surface area (Å²) in [4.78, 5) is 18.6. The summed E-state index contributed by atoms with van der Waals surface area (Å²) in [5.74, 6) is 0.187. The third-order valence-electron chi connectivity index (χ3n) is 4.11. The highest BCUT2D eigenvalue weighted by Crippen LogP contribution is 2.21. The Balaban J connectivity index is 1.81. The smallest absolute Gasteiger partial charge is 0.290 e. The molecule has 0 aliphatic carbocycles. The third kappa shape index (κ3) is 4.56. The topological polar surface area (TPSA) is 60.5 Å². The molecule has 1 amide bonds. The van der Waals surface area contributed by atoms with Crippen molar-refractivity contribution in [3.63, 3.8) is 0 Å². The van der Waals surface area contributed by atoms with Crippen molar-refractivity contribution in [1.82, 2.24) is 14.5 Å². The molecule has 0 fully saturated rings. The number of imidazole rings is 1. The number of amides is 1. The SMILES string of the molecule is COCCN(Cc1nccn1Cc1c(F)cccc1Cl)C(=O)c1ccco1. The Kier molecular flexibility index (Phi) is 6.26. The van der Waals surface area contributed by atoms with E-state index in [0.717, 1.165) is 0 Å². The fourth-order valence-corrected chi connectivity index (χ4v) is 2.89. The monoisotopic (exact) mass is 391 g/mol. The molecule has 0 spiro atoms. The summed E-state index contributed by atoms with van der Waals surface area (Å²) in [5.41, 5.74) is 0.374. The average molecular weight is 392 g/mol. The van der Waals surface area contributed by atoms with Crippen molar-refractivity contribution < 1.29 is 18.3 Å². The fraction of sp³-hybridized carbons (Fsp3) is 0.263. The molecule has 0 bridgehead atoms. The second-order valence-electron chi connectivity index (χ2n) is 5.87. The lowest BCUT2D eigenvalue weighted by atomic mass is 10.2. The van der Waals surface area contributed by atoms with E-state index in [2.05, 4.69) is 4.98 Å². The van der Waals surface area contributed by atoms with E-state index in [1.165, 1.54) is 12.3 Å². The number of carbonyl (C=O) groups is 1. The van der Waals surface area contributed by atoms with Gasteiger partial charge in [-0.3, -0.25) is 4.79 Å². The van der Waals surface area contributed by atoms with E-state index in [9.17, 15) is 9.18 Å². The highest BCUT2D eigenvalue weighted by atomic mass is 35.5. The van der Waals surface area contributed by atoms with Crippen LogP contribution in [0.15, 0.2) is 53.4 Å². The first kappa shape index (κ1) is 19.1. The molecule has 3 rings (SSSR count). The molecular formula is C19H19ClFN3O3. The molecule has 1 aromatic carbocycles. The van der Waals surface area contributed by atoms with Crippen LogP contribution < -0.4 is 0 Å². The number of methoxy groups -OCH3 is 1. The van der Waals surface area contributed by atoms with Gasteiger partial charge in [0.05, 0.1) is 26.0 Å². The summed E-state index contributed by atoms with van der Waals surface area (Å²) < 4.78 is 26.2. The summed E-state index contributed by atoms with van der Waals surface area (Å²) in [6, 6.07) is 7.83. The molecular weight excluding hydrogens is 373 g/mol. The van der Waals surface area contributed by atoms with Gasteiger partial charge in [0.2, 0.25) is 0 Å². The standard InChI is InChI=1S/C19H19ClFN3O3/c1-26-11-9-24(19(25)17-6-3-10-27-17)13-18-22-7-8-23(18)12-14-15(20)4-2-5-16(14)21/h2-8,10H,9,11-13H2,1H3. The molecule has 0 saturated heterocycles. The van der Waals surface area contributed by atoms with Crippen LogP contribution in [0.1, 0.15) is 21.9 Å². The van der Waals surface area contributed by atoms with Crippen molar-refractivity contribution in [3.8, 4) is 0 Å². The summed E-state index contributed by atoms with van der Waals surface area (Å²) >= 11 is 6.12. The van der Waals surface area contributed by atoms with Gasteiger partial charge in [-0.2, -0.15) is 0 Å². The van der Waals surface area contributed by atoms with Crippen molar-refractivity contribution >= 4 is 17.5 Å². The molecule has 0 saturated carbocycles. The fourth-order valence-electron chi connectivity index (χ4n) is 2.67. The Bertz CT molecular complexity index is 875. The van der Waals surface area contributed by atoms with Gasteiger partial charge in [0, 0.05) is 36.6 Å². The average Bonchev–Trinajstić information content (AvgIpc) is 3.33. The minimum absolute atomic E-state index is 0.216. The number of rotatable bonds is 8. The van der Waals surface area contributed by atoms with Gasteiger partial charge in [0.15, 0.2) is 5.76 Å². The van der Waals surface area contributed by atoms with Crippen LogP contribution in [0.25, 0.3) is 0 Å². The van der Waals surface area contributed by atoms with Crippen LogP contribution in [0, 0.1) is 5.82 Å². The number of halogens is 2. The zero-order valence-corrected chi connectivity index (χ0v) is 15.5. The van der Waals surface area contributed by atoms with Crippen LogP contribution in [0.2, 0.25) is 5.02 Å². The van der Waals surface area contributed by atoms with Gasteiger partial charge in [-0.25, -0.2) is 9.37 Å². The number of benzene rings is 1. The maximum absolute atomic E-state index is 14.1. The second kappa shape index (κ2) is 8.83. The molecule has 3 aromatic rings. The summed E-state index contributed by atoms with van der Waals surface area (Å²) in [6.07, 6.45) is 4.78. The lowest BCUT2D eigenvalue weighted by Gasteiger charge is -2.21. The van der Waals surface area contributed by atoms with Crippen molar-refractivity contribution in [1.29, 1.82) is 0 Å². The normalized spacial score (nSPS) is 10.9. The number of ether oxygens (including phenoxy) is 1. The third-order valence-corrected chi connectivity index (χ3v) is 4.46. The van der Waals surface area contributed by atoms with Crippen molar-refractivity contribution in [2.75, 3.05) is 20.3 Å². The molecule has 142 valence electrons. The van der Waals surface area contributed by atoms with E-state index < -0.39 is 0 Å². The molecule has 6 nitrogen and oxygen atoms in total. The number of aromatic nitrogens is 2. The first-order valence-corrected chi connectivity index (χ1v) is 8.72. The van der Waals surface area contributed by atoms with Crippen molar-refractivity contribution in [2.24, 2.45) is 0 Å². The van der Waals surface area contributed by atoms with Gasteiger partial charge in [-0.15, -0.1) is 0 Å². The van der Waals surface area contributed by atoms with Gasteiger partial charge in [-0.1, -0.05) is 17.7 Å². The zero-order chi connectivity index (χ0) is 19.2. The highest BCUT2D eigenvalue weighted by Gasteiger charge is 2.21. The van der Waals surface area contributed by atoms with Crippen LogP contribution >= 0.6 is 11.6 Å². The molecule has 0 aliphatic heterocycles. The minimum Gasteiger partial charge on any atom is -0.459 e. The highest BCUT2D eigenvalue weighted by molar-refractivity contribution is 6.31. The Morgan fingerprint density at radius 3 is 2.93 bits per heavy atom. The van der Waals surface area contributed by atoms with Crippen LogP contribution in [-0.2, 0) is 17.8 Å². The van der Waals surface area contributed by atoms with Gasteiger partial charge >= 0.3 is 0 Å². The number of hydrogen-bond acceptors (Lipinski definition) is 4. The maximum Gasteiger partial charge on any atom is 0.290 e. The lowest BCUT2D eigenvalue weighted by molar-refractivity contribution is 0.0642. The van der Waals surface area contributed by atoms with E-state index in [1.807, 2.05) is 0 Å². The van der Waals surface area contributed by atoms with Gasteiger partial charge in [0.25, 0.3) is 5.91 Å². The van der Waals surface area contributed by atoms with E-state index in [0.29, 0.717) is 29.6 Å². The number of carbonyl (C=O) groups excluding carboxylic acids is 1. The van der Waals surface area contributed by atoms with Crippen LogP contribution in [-0.4, -0.2) is 40.6 Å². The van der Waals surface area contributed by atoms with Crippen molar-refractivity contribution in [2.45, 2.75) is 13.1 Å². The second-order valence-corrected chi connectivity index (χ2v) is 6.28. The molecule has 0 aliphatic rings. The summed E-state index contributed by atoms with van der Waals surface area (Å²) in [6.45, 7) is 1.17. The Labute approximate surface area is 161 Å². The molecule has 0 unspecified atom stereocenters. The predicted octanol–water partition coefficient (Wildman–Crippen LogP) is 3.61.